The smallest absolute Gasteiger partial charge is 0.0772 e. The molecule has 58 valence electrons. The minimum atomic E-state index is 0.284. The zero-order valence-corrected chi connectivity index (χ0v) is 8.02. The average molecular weight is 175 g/mol. The highest BCUT2D eigenvalue weighted by Gasteiger charge is 2.36. The van der Waals surface area contributed by atoms with Crippen LogP contribution in [0.25, 0.3) is 0 Å². The fourth-order valence-corrected chi connectivity index (χ4v) is 3.19. The summed E-state index contributed by atoms with van der Waals surface area (Å²) >= 11 is 6.94. The van der Waals surface area contributed by atoms with Crippen LogP contribution < -0.4 is 5.73 Å². The molecular formula is C7H13NS2. The quantitative estimate of drug-likeness (QED) is 0.615. The van der Waals surface area contributed by atoms with Gasteiger partial charge in [0, 0.05) is 10.7 Å². The predicted octanol–water partition coefficient (Wildman–Crippen LogP) is 1.80. The topological polar surface area (TPSA) is 26.0 Å². The van der Waals surface area contributed by atoms with Crippen LogP contribution in [-0.2, 0) is 0 Å². The Labute approximate surface area is 71.7 Å². The van der Waals surface area contributed by atoms with Gasteiger partial charge in [-0.25, -0.2) is 0 Å². The van der Waals surface area contributed by atoms with E-state index in [-0.39, 0.29) is 4.75 Å². The van der Waals surface area contributed by atoms with Crippen molar-refractivity contribution in [1.82, 2.24) is 0 Å². The molecule has 0 aromatic heterocycles. The van der Waals surface area contributed by atoms with E-state index < -0.39 is 0 Å². The summed E-state index contributed by atoms with van der Waals surface area (Å²) in [7, 11) is 0. The van der Waals surface area contributed by atoms with Gasteiger partial charge >= 0.3 is 0 Å². The first-order valence-corrected chi connectivity index (χ1v) is 4.87. The van der Waals surface area contributed by atoms with Crippen molar-refractivity contribution in [2.24, 2.45) is 11.7 Å². The fourth-order valence-electron chi connectivity index (χ4n) is 1.37. The van der Waals surface area contributed by atoms with Crippen molar-refractivity contribution >= 4 is 29.0 Å². The highest BCUT2D eigenvalue weighted by Crippen LogP contribution is 2.42. The summed E-state index contributed by atoms with van der Waals surface area (Å²) in [5, 5.41) is 0. The zero-order chi connectivity index (χ0) is 7.78. The van der Waals surface area contributed by atoms with Crippen LogP contribution in [0.2, 0.25) is 0 Å². The second-order valence-electron chi connectivity index (χ2n) is 3.20. The van der Waals surface area contributed by atoms with Gasteiger partial charge in [-0.1, -0.05) is 26.1 Å². The molecular weight excluding hydrogens is 162 g/mol. The lowest BCUT2D eigenvalue weighted by Crippen LogP contribution is -2.33. The van der Waals surface area contributed by atoms with Gasteiger partial charge in [0.1, 0.15) is 0 Å². The lowest BCUT2D eigenvalue weighted by molar-refractivity contribution is 0.562. The normalized spacial score (nSPS) is 30.4. The van der Waals surface area contributed by atoms with Crippen LogP contribution in [0.1, 0.15) is 20.3 Å². The Morgan fingerprint density at radius 1 is 1.70 bits per heavy atom. The van der Waals surface area contributed by atoms with E-state index in [1.807, 2.05) is 11.8 Å². The van der Waals surface area contributed by atoms with Crippen LogP contribution in [0, 0.1) is 5.92 Å². The van der Waals surface area contributed by atoms with E-state index in [9.17, 15) is 0 Å². The lowest BCUT2D eigenvalue weighted by atomic mass is 9.93. The molecule has 0 amide bonds. The molecule has 1 aliphatic rings. The van der Waals surface area contributed by atoms with Crippen LogP contribution in [0.4, 0.5) is 0 Å². The molecule has 3 heteroatoms. The van der Waals surface area contributed by atoms with Crippen molar-refractivity contribution in [2.75, 3.05) is 5.75 Å². The van der Waals surface area contributed by atoms with Gasteiger partial charge in [0.15, 0.2) is 0 Å². The van der Waals surface area contributed by atoms with Gasteiger partial charge in [0.2, 0.25) is 0 Å². The molecule has 0 bridgehead atoms. The van der Waals surface area contributed by atoms with Crippen molar-refractivity contribution in [1.29, 1.82) is 0 Å². The molecule has 0 aromatic rings. The Morgan fingerprint density at radius 2 is 2.30 bits per heavy atom. The monoisotopic (exact) mass is 175 g/mol. The molecule has 1 heterocycles. The summed E-state index contributed by atoms with van der Waals surface area (Å²) in [4.78, 5) is 0.690. The highest BCUT2D eigenvalue weighted by molar-refractivity contribution is 8.01. The third kappa shape index (κ3) is 1.45. The highest BCUT2D eigenvalue weighted by atomic mass is 32.2. The van der Waals surface area contributed by atoms with Gasteiger partial charge in [-0.15, -0.1) is 0 Å². The zero-order valence-electron chi connectivity index (χ0n) is 6.39. The molecule has 1 rings (SSSR count). The van der Waals surface area contributed by atoms with E-state index in [1.54, 1.807) is 0 Å². The molecule has 0 spiro atoms. The van der Waals surface area contributed by atoms with Crippen LogP contribution in [0.5, 0.6) is 0 Å². The molecule has 1 saturated heterocycles. The molecule has 1 fully saturated rings. The van der Waals surface area contributed by atoms with Gasteiger partial charge in [0.25, 0.3) is 0 Å². The SMILES string of the molecule is CC1(C)SCCC1C(N)=S. The van der Waals surface area contributed by atoms with Gasteiger partial charge in [-0.05, 0) is 12.2 Å². The van der Waals surface area contributed by atoms with Crippen molar-refractivity contribution in [3.05, 3.63) is 0 Å². The number of hydrogen-bond donors (Lipinski definition) is 1. The third-order valence-electron chi connectivity index (χ3n) is 2.06. The van der Waals surface area contributed by atoms with Crippen LogP contribution in [0.15, 0.2) is 0 Å². The first kappa shape index (κ1) is 8.34. The Balaban J connectivity index is 2.68. The van der Waals surface area contributed by atoms with Crippen molar-refractivity contribution in [2.45, 2.75) is 25.0 Å². The summed E-state index contributed by atoms with van der Waals surface area (Å²) in [5.41, 5.74) is 5.59. The van der Waals surface area contributed by atoms with Crippen molar-refractivity contribution in [3.8, 4) is 0 Å². The van der Waals surface area contributed by atoms with Gasteiger partial charge in [0.05, 0.1) is 4.99 Å². The van der Waals surface area contributed by atoms with E-state index in [0.717, 1.165) is 6.42 Å². The van der Waals surface area contributed by atoms with Gasteiger partial charge in [-0.3, -0.25) is 0 Å². The van der Waals surface area contributed by atoms with Crippen molar-refractivity contribution in [3.63, 3.8) is 0 Å². The summed E-state index contributed by atoms with van der Waals surface area (Å²) in [5.74, 6) is 1.65. The summed E-state index contributed by atoms with van der Waals surface area (Å²) in [6.45, 7) is 4.43. The van der Waals surface area contributed by atoms with Gasteiger partial charge in [-0.2, -0.15) is 11.8 Å². The van der Waals surface area contributed by atoms with E-state index >= 15 is 0 Å². The number of nitrogens with two attached hydrogens (primary N) is 1. The standard InChI is InChI=1S/C7H13NS2/c1-7(2)5(6(8)9)3-4-10-7/h5H,3-4H2,1-2H3,(H2,8,9). The Morgan fingerprint density at radius 3 is 2.50 bits per heavy atom. The Hall–Kier alpha value is 0.240. The number of thioether (sulfide) groups is 1. The van der Waals surface area contributed by atoms with Crippen LogP contribution in [0.3, 0.4) is 0 Å². The van der Waals surface area contributed by atoms with E-state index in [0.29, 0.717) is 10.9 Å². The Bertz CT molecular complexity index is 154. The number of thiocarbonyl (C=S) groups is 1. The third-order valence-corrected chi connectivity index (χ3v) is 3.82. The molecule has 2 N–H and O–H groups in total. The van der Waals surface area contributed by atoms with Crippen molar-refractivity contribution < 1.29 is 0 Å². The molecule has 1 atom stereocenters. The second kappa shape index (κ2) is 2.70. The Kier molecular flexibility index (Phi) is 2.25. The van der Waals surface area contributed by atoms with Gasteiger partial charge < -0.3 is 5.73 Å². The van der Waals surface area contributed by atoms with Crippen LogP contribution in [-0.4, -0.2) is 15.5 Å². The fraction of sp³-hybridized carbons (Fsp3) is 0.857. The molecule has 1 unspecified atom stereocenters. The first-order valence-electron chi connectivity index (χ1n) is 3.47. The first-order chi connectivity index (χ1) is 4.54. The summed E-state index contributed by atoms with van der Waals surface area (Å²) < 4.78 is 0.284. The predicted molar refractivity (Wildman–Crippen MR) is 51.4 cm³/mol. The average Bonchev–Trinajstić information content (AvgIpc) is 2.08. The summed E-state index contributed by atoms with van der Waals surface area (Å²) in [6.07, 6.45) is 1.16. The molecule has 0 saturated carbocycles. The molecule has 1 aliphatic heterocycles. The molecule has 1 nitrogen and oxygen atoms in total. The minimum Gasteiger partial charge on any atom is -0.393 e. The van der Waals surface area contributed by atoms with Crippen LogP contribution >= 0.6 is 24.0 Å². The maximum Gasteiger partial charge on any atom is 0.0772 e. The summed E-state index contributed by atoms with van der Waals surface area (Å²) in [6, 6.07) is 0. The maximum absolute atomic E-state index is 5.59. The second-order valence-corrected chi connectivity index (χ2v) is 5.42. The van der Waals surface area contributed by atoms with E-state index in [2.05, 4.69) is 13.8 Å². The number of rotatable bonds is 1. The largest absolute Gasteiger partial charge is 0.393 e. The molecule has 10 heavy (non-hydrogen) atoms. The maximum atomic E-state index is 5.59. The lowest BCUT2D eigenvalue weighted by Gasteiger charge is -2.24. The minimum absolute atomic E-state index is 0.284. The van der Waals surface area contributed by atoms with E-state index in [1.165, 1.54) is 5.75 Å². The van der Waals surface area contributed by atoms with E-state index in [4.69, 9.17) is 18.0 Å². The number of hydrogen-bond acceptors (Lipinski definition) is 2. The molecule has 0 aliphatic carbocycles. The molecule has 0 radical (unpaired) electrons. The molecule has 0 aromatic carbocycles.